The number of guanidine groups is 1. The van der Waals surface area contributed by atoms with Crippen molar-refractivity contribution >= 4 is 28.3 Å². The maximum absolute atomic E-state index is 5.84. The van der Waals surface area contributed by atoms with Crippen LogP contribution >= 0.6 is 11.3 Å². The van der Waals surface area contributed by atoms with E-state index in [9.17, 15) is 0 Å². The van der Waals surface area contributed by atoms with Crippen molar-refractivity contribution in [2.75, 3.05) is 20.6 Å². The SMILES string of the molecule is CN=C(NCCc1cc2ccccc2o1)N(C)Cc1ccsc1. The first-order chi connectivity index (χ1) is 11.3. The smallest absolute Gasteiger partial charge is 0.193 e. The monoisotopic (exact) mass is 327 g/mol. The number of thiophene rings is 1. The Balaban J connectivity index is 1.53. The van der Waals surface area contributed by atoms with Gasteiger partial charge in [-0.3, -0.25) is 4.99 Å². The van der Waals surface area contributed by atoms with Crippen molar-refractivity contribution in [2.45, 2.75) is 13.0 Å². The second-order valence-electron chi connectivity index (χ2n) is 5.46. The summed E-state index contributed by atoms with van der Waals surface area (Å²) in [6.45, 7) is 1.65. The number of nitrogens with one attached hydrogen (secondary N) is 1. The molecule has 2 aromatic heterocycles. The first-order valence-electron chi connectivity index (χ1n) is 7.66. The van der Waals surface area contributed by atoms with Crippen LogP contribution in [0.2, 0.25) is 0 Å². The Labute approximate surface area is 140 Å². The second kappa shape index (κ2) is 7.33. The van der Waals surface area contributed by atoms with Crippen LogP contribution in [-0.4, -0.2) is 31.5 Å². The van der Waals surface area contributed by atoms with Gasteiger partial charge in [0.2, 0.25) is 0 Å². The zero-order valence-electron chi connectivity index (χ0n) is 13.5. The maximum atomic E-state index is 5.84. The molecule has 23 heavy (non-hydrogen) atoms. The van der Waals surface area contributed by atoms with Gasteiger partial charge in [0.25, 0.3) is 0 Å². The predicted octanol–water partition coefficient (Wildman–Crippen LogP) is 3.74. The summed E-state index contributed by atoms with van der Waals surface area (Å²) >= 11 is 1.72. The molecule has 0 atom stereocenters. The number of hydrogen-bond donors (Lipinski definition) is 1. The molecular formula is C18H21N3OS. The largest absolute Gasteiger partial charge is 0.461 e. The van der Waals surface area contributed by atoms with Crippen LogP contribution in [0, 0.1) is 0 Å². The molecule has 0 spiro atoms. The lowest BCUT2D eigenvalue weighted by molar-refractivity contribution is 0.474. The molecule has 5 heteroatoms. The molecule has 0 aliphatic rings. The molecule has 0 amide bonds. The first-order valence-corrected chi connectivity index (χ1v) is 8.61. The van der Waals surface area contributed by atoms with Gasteiger partial charge < -0.3 is 14.6 Å². The standard InChI is InChI=1S/C18H21N3OS/c1-19-18(21(2)12-14-8-10-23-13-14)20-9-7-16-11-15-5-3-4-6-17(15)22-16/h3-6,8,10-11,13H,7,9,12H2,1-2H3,(H,19,20). The van der Waals surface area contributed by atoms with Crippen molar-refractivity contribution in [3.8, 4) is 0 Å². The van der Waals surface area contributed by atoms with Crippen LogP contribution < -0.4 is 5.32 Å². The fourth-order valence-electron chi connectivity index (χ4n) is 2.57. The molecule has 0 saturated heterocycles. The van der Waals surface area contributed by atoms with Crippen molar-refractivity contribution in [1.29, 1.82) is 0 Å². The average molecular weight is 327 g/mol. The number of nitrogens with zero attached hydrogens (tertiary/aromatic N) is 2. The first kappa shape index (κ1) is 15.6. The van der Waals surface area contributed by atoms with Crippen molar-refractivity contribution in [3.05, 3.63) is 58.5 Å². The molecule has 0 aliphatic heterocycles. The molecule has 2 heterocycles. The molecule has 0 saturated carbocycles. The van der Waals surface area contributed by atoms with Crippen LogP contribution in [0.15, 0.2) is 56.6 Å². The molecule has 0 unspecified atom stereocenters. The highest BCUT2D eigenvalue weighted by molar-refractivity contribution is 7.07. The summed E-state index contributed by atoms with van der Waals surface area (Å²) in [5, 5.41) is 8.81. The second-order valence-corrected chi connectivity index (χ2v) is 6.24. The van der Waals surface area contributed by atoms with Gasteiger partial charge in [0.05, 0.1) is 0 Å². The minimum atomic E-state index is 0.792. The highest BCUT2D eigenvalue weighted by Gasteiger charge is 2.08. The zero-order valence-corrected chi connectivity index (χ0v) is 14.3. The Kier molecular flexibility index (Phi) is 4.98. The molecule has 0 bridgehead atoms. The minimum Gasteiger partial charge on any atom is -0.461 e. The van der Waals surface area contributed by atoms with Gasteiger partial charge in [0.15, 0.2) is 5.96 Å². The van der Waals surface area contributed by atoms with Crippen LogP contribution in [0.3, 0.4) is 0 Å². The van der Waals surface area contributed by atoms with Crippen molar-refractivity contribution in [2.24, 2.45) is 4.99 Å². The van der Waals surface area contributed by atoms with Gasteiger partial charge in [0.1, 0.15) is 11.3 Å². The van der Waals surface area contributed by atoms with Crippen LogP contribution in [0.25, 0.3) is 11.0 Å². The van der Waals surface area contributed by atoms with E-state index in [4.69, 9.17) is 4.42 Å². The van der Waals surface area contributed by atoms with Gasteiger partial charge in [-0.1, -0.05) is 18.2 Å². The third kappa shape index (κ3) is 3.93. The molecule has 0 aliphatic carbocycles. The molecule has 0 radical (unpaired) electrons. The van der Waals surface area contributed by atoms with Gasteiger partial charge >= 0.3 is 0 Å². The zero-order chi connectivity index (χ0) is 16.1. The summed E-state index contributed by atoms with van der Waals surface area (Å²) in [6.07, 6.45) is 0.833. The van der Waals surface area contributed by atoms with Gasteiger partial charge in [-0.05, 0) is 34.5 Å². The number of para-hydroxylation sites is 1. The topological polar surface area (TPSA) is 40.8 Å². The summed E-state index contributed by atoms with van der Waals surface area (Å²) < 4.78 is 5.84. The average Bonchev–Trinajstić information content (AvgIpc) is 3.20. The highest BCUT2D eigenvalue weighted by Crippen LogP contribution is 2.18. The molecule has 3 aromatic rings. The fourth-order valence-corrected chi connectivity index (χ4v) is 3.23. The van der Waals surface area contributed by atoms with Crippen LogP contribution in [-0.2, 0) is 13.0 Å². The number of hydrogen-bond acceptors (Lipinski definition) is 3. The van der Waals surface area contributed by atoms with E-state index in [0.717, 1.165) is 42.2 Å². The lowest BCUT2D eigenvalue weighted by atomic mass is 10.2. The van der Waals surface area contributed by atoms with Gasteiger partial charge in [0, 0.05) is 39.0 Å². The number of furan rings is 1. The summed E-state index contributed by atoms with van der Waals surface area (Å²) in [6, 6.07) is 12.3. The van der Waals surface area contributed by atoms with Crippen LogP contribution in [0.4, 0.5) is 0 Å². The third-order valence-corrected chi connectivity index (χ3v) is 4.44. The highest BCUT2D eigenvalue weighted by atomic mass is 32.1. The number of benzene rings is 1. The predicted molar refractivity (Wildman–Crippen MR) is 97.1 cm³/mol. The molecule has 120 valence electrons. The van der Waals surface area contributed by atoms with Gasteiger partial charge in [-0.2, -0.15) is 11.3 Å². The molecular weight excluding hydrogens is 306 g/mol. The normalized spacial score (nSPS) is 11.8. The molecule has 1 N–H and O–H groups in total. The van der Waals surface area contributed by atoms with Crippen LogP contribution in [0.5, 0.6) is 0 Å². The molecule has 0 fully saturated rings. The van der Waals surface area contributed by atoms with E-state index < -0.39 is 0 Å². The van der Waals surface area contributed by atoms with Gasteiger partial charge in [-0.25, -0.2) is 0 Å². The lowest BCUT2D eigenvalue weighted by Crippen LogP contribution is -2.39. The van der Waals surface area contributed by atoms with Crippen molar-refractivity contribution < 1.29 is 4.42 Å². The Bertz CT molecular complexity index is 744. The Morgan fingerprint density at radius 2 is 2.17 bits per heavy atom. The third-order valence-electron chi connectivity index (χ3n) is 3.70. The molecule has 4 nitrogen and oxygen atoms in total. The van der Waals surface area contributed by atoms with Crippen molar-refractivity contribution in [1.82, 2.24) is 10.2 Å². The van der Waals surface area contributed by atoms with E-state index in [-0.39, 0.29) is 0 Å². The summed E-state index contributed by atoms with van der Waals surface area (Å²) in [5.41, 5.74) is 2.25. The number of rotatable bonds is 5. The number of fused-ring (bicyclic) bond motifs is 1. The van der Waals surface area contributed by atoms with E-state index in [1.807, 2.05) is 32.3 Å². The van der Waals surface area contributed by atoms with Crippen molar-refractivity contribution in [3.63, 3.8) is 0 Å². The minimum absolute atomic E-state index is 0.792. The van der Waals surface area contributed by atoms with Crippen LogP contribution in [0.1, 0.15) is 11.3 Å². The van der Waals surface area contributed by atoms with E-state index in [2.05, 4.69) is 44.2 Å². The Morgan fingerprint density at radius 1 is 1.30 bits per heavy atom. The Hall–Kier alpha value is -2.27. The Morgan fingerprint density at radius 3 is 2.91 bits per heavy atom. The quantitative estimate of drug-likeness (QED) is 0.573. The fraction of sp³-hybridized carbons (Fsp3) is 0.278. The molecule has 3 rings (SSSR count). The number of aliphatic imine (C=N–C) groups is 1. The summed E-state index contributed by atoms with van der Waals surface area (Å²) in [4.78, 5) is 6.47. The van der Waals surface area contributed by atoms with Gasteiger partial charge in [-0.15, -0.1) is 0 Å². The summed E-state index contributed by atoms with van der Waals surface area (Å²) in [5.74, 6) is 1.89. The van der Waals surface area contributed by atoms with E-state index in [1.165, 1.54) is 5.56 Å². The van der Waals surface area contributed by atoms with E-state index >= 15 is 0 Å². The molecule has 1 aromatic carbocycles. The van der Waals surface area contributed by atoms with E-state index in [1.54, 1.807) is 11.3 Å². The maximum Gasteiger partial charge on any atom is 0.193 e. The summed E-state index contributed by atoms with van der Waals surface area (Å²) in [7, 11) is 3.86. The van der Waals surface area contributed by atoms with E-state index in [0.29, 0.717) is 0 Å². The lowest BCUT2D eigenvalue weighted by Gasteiger charge is -2.21.